The van der Waals surface area contributed by atoms with Crippen molar-refractivity contribution in [1.29, 1.82) is 0 Å². The van der Waals surface area contributed by atoms with E-state index < -0.39 is 6.29 Å². The molecule has 0 radical (unpaired) electrons. The third-order valence-electron chi connectivity index (χ3n) is 4.23. The Bertz CT molecular complexity index is 463. The first kappa shape index (κ1) is 27.0. The summed E-state index contributed by atoms with van der Waals surface area (Å²) >= 11 is 0. The highest BCUT2D eigenvalue weighted by molar-refractivity contribution is 5.20. The molecule has 2 unspecified atom stereocenters. The average Bonchev–Trinajstić information content (AvgIpc) is 2.65. The molecule has 1 aromatic rings. The Morgan fingerprint density at radius 2 is 1.79 bits per heavy atom. The molecular weight excluding hydrogens is 360 g/mol. The van der Waals surface area contributed by atoms with Crippen molar-refractivity contribution < 1.29 is 29.9 Å². The van der Waals surface area contributed by atoms with Crippen molar-refractivity contribution in [3.63, 3.8) is 0 Å². The van der Waals surface area contributed by atoms with Gasteiger partial charge in [-0.25, -0.2) is 0 Å². The van der Waals surface area contributed by atoms with Crippen LogP contribution >= 0.6 is 0 Å². The van der Waals surface area contributed by atoms with Crippen molar-refractivity contribution in [2.75, 3.05) is 20.3 Å². The lowest BCUT2D eigenvalue weighted by Crippen LogP contribution is -2.30. The van der Waals surface area contributed by atoms with E-state index >= 15 is 0 Å². The molecular formula is C22H40O6. The van der Waals surface area contributed by atoms with Gasteiger partial charge in [0.2, 0.25) is 0 Å². The Morgan fingerprint density at radius 1 is 1.14 bits per heavy atom. The quantitative estimate of drug-likeness (QED) is 0.536. The Hall–Kier alpha value is -1.02. The lowest BCUT2D eigenvalue weighted by molar-refractivity contribution is -0.178. The molecule has 2 rings (SSSR count). The summed E-state index contributed by atoms with van der Waals surface area (Å²) in [6, 6.07) is 8.32. The molecule has 1 aliphatic rings. The van der Waals surface area contributed by atoms with Crippen molar-refractivity contribution in [3.8, 4) is 0 Å². The molecule has 0 saturated carbocycles. The van der Waals surface area contributed by atoms with Crippen LogP contribution in [-0.4, -0.2) is 59.2 Å². The Labute approximate surface area is 170 Å². The first-order chi connectivity index (χ1) is 13.4. The molecule has 0 aromatic heterocycles. The standard InChI is InChI=1S/C14H20O3.C7H16O2.CH4O/c1-11-5-7-12(8-6-11)9-16-10-13-3-2-4-14(15)17-13;1-6(2)5-7(9)3-4-8;1-2/h5-8,13-15H,2-4,9-10H2,1H3;6-9H,3-5H2,1-2H3;2H,1H3/t13?,14-;;/m0../s1. The second kappa shape index (κ2) is 16.9. The van der Waals surface area contributed by atoms with E-state index in [9.17, 15) is 5.11 Å². The molecule has 6 heteroatoms. The van der Waals surface area contributed by atoms with Crippen LogP contribution in [0.3, 0.4) is 0 Å². The summed E-state index contributed by atoms with van der Waals surface area (Å²) in [5.74, 6) is 0.520. The zero-order valence-corrected chi connectivity index (χ0v) is 17.9. The lowest BCUT2D eigenvalue weighted by Gasteiger charge is -2.26. The fourth-order valence-corrected chi connectivity index (χ4v) is 2.80. The molecule has 0 aliphatic carbocycles. The summed E-state index contributed by atoms with van der Waals surface area (Å²) in [6.07, 6.45) is 3.17. The van der Waals surface area contributed by atoms with Crippen molar-refractivity contribution in [3.05, 3.63) is 35.4 Å². The molecule has 0 amide bonds. The summed E-state index contributed by atoms with van der Waals surface area (Å²) < 4.78 is 11.0. The van der Waals surface area contributed by atoms with Gasteiger partial charge in [-0.3, -0.25) is 0 Å². The molecule has 28 heavy (non-hydrogen) atoms. The summed E-state index contributed by atoms with van der Waals surface area (Å²) in [6.45, 7) is 7.44. The van der Waals surface area contributed by atoms with Crippen LogP contribution in [0.2, 0.25) is 0 Å². The van der Waals surface area contributed by atoms with E-state index in [1.54, 1.807) is 0 Å². The van der Waals surface area contributed by atoms with E-state index in [1.165, 1.54) is 11.1 Å². The van der Waals surface area contributed by atoms with Gasteiger partial charge in [-0.15, -0.1) is 0 Å². The summed E-state index contributed by atoms with van der Waals surface area (Å²) in [7, 11) is 1.00. The van der Waals surface area contributed by atoms with Gasteiger partial charge in [0.15, 0.2) is 6.29 Å². The number of aliphatic hydroxyl groups excluding tert-OH is 4. The van der Waals surface area contributed by atoms with Gasteiger partial charge in [0, 0.05) is 13.7 Å². The molecule has 1 heterocycles. The highest BCUT2D eigenvalue weighted by Gasteiger charge is 2.20. The number of aliphatic hydroxyl groups is 4. The number of benzene rings is 1. The van der Waals surface area contributed by atoms with E-state index in [4.69, 9.17) is 24.8 Å². The van der Waals surface area contributed by atoms with Crippen molar-refractivity contribution in [1.82, 2.24) is 0 Å². The predicted octanol–water partition coefficient (Wildman–Crippen LogP) is 2.78. The van der Waals surface area contributed by atoms with E-state index in [0.29, 0.717) is 25.6 Å². The van der Waals surface area contributed by atoms with Gasteiger partial charge in [-0.1, -0.05) is 43.7 Å². The van der Waals surface area contributed by atoms with Crippen LogP contribution in [0.5, 0.6) is 0 Å². The zero-order chi connectivity index (χ0) is 21.4. The first-order valence-corrected chi connectivity index (χ1v) is 10.1. The Morgan fingerprint density at radius 3 is 2.32 bits per heavy atom. The Kier molecular flexibility index (Phi) is 16.3. The van der Waals surface area contributed by atoms with Crippen molar-refractivity contribution in [2.45, 2.75) is 78.0 Å². The highest BCUT2D eigenvalue weighted by Crippen LogP contribution is 2.17. The summed E-state index contributed by atoms with van der Waals surface area (Å²) in [5.41, 5.74) is 2.43. The average molecular weight is 401 g/mol. The second-order valence-corrected chi connectivity index (χ2v) is 7.44. The maximum Gasteiger partial charge on any atom is 0.155 e. The van der Waals surface area contributed by atoms with Gasteiger partial charge in [0.1, 0.15) is 0 Å². The van der Waals surface area contributed by atoms with Crippen molar-refractivity contribution in [2.24, 2.45) is 5.92 Å². The normalized spacial score (nSPS) is 19.9. The van der Waals surface area contributed by atoms with Crippen LogP contribution in [0.25, 0.3) is 0 Å². The number of ether oxygens (including phenoxy) is 2. The number of hydrogen-bond donors (Lipinski definition) is 4. The van der Waals surface area contributed by atoms with Gasteiger partial charge in [0.25, 0.3) is 0 Å². The maximum absolute atomic E-state index is 9.35. The van der Waals surface area contributed by atoms with Gasteiger partial charge in [-0.2, -0.15) is 0 Å². The Balaban J connectivity index is 0.000000566. The molecule has 0 spiro atoms. The van der Waals surface area contributed by atoms with Gasteiger partial charge in [0.05, 0.1) is 25.4 Å². The molecule has 1 aromatic carbocycles. The summed E-state index contributed by atoms with van der Waals surface area (Å²) in [4.78, 5) is 0. The van der Waals surface area contributed by atoms with Crippen LogP contribution in [0.15, 0.2) is 24.3 Å². The SMILES string of the molecule is CC(C)CC(O)CCO.CO.Cc1ccc(COCC2CCC[C@@H](O)O2)cc1. The van der Waals surface area contributed by atoms with Crippen LogP contribution in [0.4, 0.5) is 0 Å². The highest BCUT2D eigenvalue weighted by atomic mass is 16.6. The molecule has 1 fully saturated rings. The van der Waals surface area contributed by atoms with Gasteiger partial charge >= 0.3 is 0 Å². The first-order valence-electron chi connectivity index (χ1n) is 10.1. The van der Waals surface area contributed by atoms with E-state index in [-0.39, 0.29) is 18.8 Å². The maximum atomic E-state index is 9.35. The third kappa shape index (κ3) is 14.0. The van der Waals surface area contributed by atoms with Gasteiger partial charge in [-0.05, 0) is 50.5 Å². The topological polar surface area (TPSA) is 99.4 Å². The third-order valence-corrected chi connectivity index (χ3v) is 4.23. The van der Waals surface area contributed by atoms with E-state index in [1.807, 2.05) is 0 Å². The molecule has 0 bridgehead atoms. The van der Waals surface area contributed by atoms with Crippen molar-refractivity contribution >= 4 is 0 Å². The van der Waals surface area contributed by atoms with Crippen LogP contribution in [0.1, 0.15) is 57.1 Å². The lowest BCUT2D eigenvalue weighted by atomic mass is 10.0. The minimum absolute atomic E-state index is 0.0456. The number of hydrogen-bond acceptors (Lipinski definition) is 6. The number of aryl methyl sites for hydroxylation is 1. The molecule has 1 saturated heterocycles. The summed E-state index contributed by atoms with van der Waals surface area (Å²) in [5, 5.41) is 33.8. The minimum Gasteiger partial charge on any atom is -0.400 e. The largest absolute Gasteiger partial charge is 0.400 e. The molecule has 4 N–H and O–H groups in total. The second-order valence-electron chi connectivity index (χ2n) is 7.44. The molecule has 164 valence electrons. The van der Waals surface area contributed by atoms with Gasteiger partial charge < -0.3 is 29.9 Å². The van der Waals surface area contributed by atoms with E-state index in [0.717, 1.165) is 32.8 Å². The number of rotatable bonds is 8. The monoisotopic (exact) mass is 400 g/mol. The fraction of sp³-hybridized carbons (Fsp3) is 0.727. The minimum atomic E-state index is -0.600. The predicted molar refractivity (Wildman–Crippen MR) is 111 cm³/mol. The zero-order valence-electron chi connectivity index (χ0n) is 17.9. The van der Waals surface area contributed by atoms with Crippen LogP contribution < -0.4 is 0 Å². The molecule has 3 atom stereocenters. The smallest absolute Gasteiger partial charge is 0.155 e. The molecule has 1 aliphatic heterocycles. The van der Waals surface area contributed by atoms with Crippen LogP contribution in [-0.2, 0) is 16.1 Å². The van der Waals surface area contributed by atoms with E-state index in [2.05, 4.69) is 45.0 Å². The van der Waals surface area contributed by atoms with Crippen LogP contribution in [0, 0.1) is 12.8 Å². The fourth-order valence-electron chi connectivity index (χ4n) is 2.80. The molecule has 6 nitrogen and oxygen atoms in total.